The molecule has 9 heteroatoms. The minimum absolute atomic E-state index is 0.00302. The number of carboxylic acids is 2. The van der Waals surface area contributed by atoms with E-state index in [1.807, 2.05) is 0 Å². The highest BCUT2D eigenvalue weighted by Gasteiger charge is 2.20. The molecular weight excluding hydrogens is 310 g/mol. The fraction of sp³-hybridized carbons (Fsp3) is 0.786. The normalized spacial score (nSPS) is 11.3. The molecule has 0 aromatic carbocycles. The zero-order chi connectivity index (χ0) is 17.9. The van der Waals surface area contributed by atoms with Crippen LogP contribution in [-0.2, 0) is 23.8 Å². The minimum atomic E-state index is -0.987. The van der Waals surface area contributed by atoms with E-state index in [1.165, 1.54) is 0 Å². The van der Waals surface area contributed by atoms with Crippen LogP contribution in [0.2, 0.25) is 0 Å². The lowest BCUT2D eigenvalue weighted by Crippen LogP contribution is -2.44. The first-order valence-corrected chi connectivity index (χ1v) is 7.18. The maximum Gasteiger partial charge on any atom is 0.408 e. The molecule has 0 heterocycles. The summed E-state index contributed by atoms with van der Waals surface area (Å²) in [6, 6.07) is -0.576. The number of hydrogen-bond acceptors (Lipinski definition) is 6. The molecule has 0 bridgehead atoms. The van der Waals surface area contributed by atoms with Gasteiger partial charge in [-0.25, -0.2) is 4.79 Å². The summed E-state index contributed by atoms with van der Waals surface area (Å²) < 4.78 is 15.4. The Morgan fingerprint density at radius 3 is 1.74 bits per heavy atom. The zero-order valence-corrected chi connectivity index (χ0v) is 13.7. The number of nitrogens with one attached hydrogen (secondary N) is 1. The summed E-state index contributed by atoms with van der Waals surface area (Å²) in [5, 5.41) is 19.6. The van der Waals surface area contributed by atoms with Crippen LogP contribution in [0.3, 0.4) is 0 Å². The van der Waals surface area contributed by atoms with E-state index in [0.29, 0.717) is 0 Å². The quantitative estimate of drug-likeness (QED) is 0.474. The third kappa shape index (κ3) is 14.8. The highest BCUT2D eigenvalue weighted by Crippen LogP contribution is 2.07. The van der Waals surface area contributed by atoms with Crippen LogP contribution in [0.15, 0.2) is 0 Å². The van der Waals surface area contributed by atoms with E-state index in [1.54, 1.807) is 20.8 Å². The number of rotatable bonds is 11. The topological polar surface area (TPSA) is 131 Å². The van der Waals surface area contributed by atoms with Gasteiger partial charge in [-0.05, 0) is 20.8 Å². The maximum atomic E-state index is 11.7. The van der Waals surface area contributed by atoms with Crippen LogP contribution in [0.4, 0.5) is 4.79 Å². The molecule has 0 aromatic heterocycles. The summed E-state index contributed by atoms with van der Waals surface area (Å²) in [6.45, 7) is 5.20. The van der Waals surface area contributed by atoms with Gasteiger partial charge in [-0.2, -0.15) is 0 Å². The van der Waals surface area contributed by atoms with Crippen molar-refractivity contribution in [3.63, 3.8) is 0 Å². The third-order valence-electron chi connectivity index (χ3n) is 2.28. The number of aliphatic carboxylic acids is 2. The van der Waals surface area contributed by atoms with Crippen LogP contribution in [0, 0.1) is 0 Å². The van der Waals surface area contributed by atoms with Gasteiger partial charge in [0.05, 0.1) is 45.3 Å². The molecule has 0 fully saturated rings. The van der Waals surface area contributed by atoms with Crippen LogP contribution >= 0.6 is 0 Å². The molecule has 9 nitrogen and oxygen atoms in total. The average molecular weight is 335 g/mol. The van der Waals surface area contributed by atoms with Gasteiger partial charge in [0.25, 0.3) is 0 Å². The highest BCUT2D eigenvalue weighted by atomic mass is 16.6. The molecular formula is C14H25NO8. The zero-order valence-electron chi connectivity index (χ0n) is 13.7. The van der Waals surface area contributed by atoms with Crippen LogP contribution < -0.4 is 5.32 Å². The number of carbonyl (C=O) groups excluding carboxylic acids is 1. The lowest BCUT2D eigenvalue weighted by atomic mass is 10.2. The number of carboxylic acid groups (broad SMARTS) is 2. The summed E-state index contributed by atoms with van der Waals surface area (Å²) in [4.78, 5) is 32.5. The summed E-state index contributed by atoms with van der Waals surface area (Å²) in [5.74, 6) is -1.97. The van der Waals surface area contributed by atoms with Crippen molar-refractivity contribution in [3.8, 4) is 0 Å². The first-order chi connectivity index (χ1) is 10.6. The maximum absolute atomic E-state index is 11.7. The van der Waals surface area contributed by atoms with Gasteiger partial charge in [0.1, 0.15) is 5.60 Å². The van der Waals surface area contributed by atoms with Gasteiger partial charge in [-0.1, -0.05) is 0 Å². The van der Waals surface area contributed by atoms with Gasteiger partial charge in [0.15, 0.2) is 0 Å². The van der Waals surface area contributed by atoms with Crippen molar-refractivity contribution >= 4 is 18.0 Å². The molecule has 0 unspecified atom stereocenters. The van der Waals surface area contributed by atoms with E-state index in [4.69, 9.17) is 24.4 Å². The molecule has 0 saturated heterocycles. The standard InChI is InChI=1S/C14H25NO8/c1-14(2,3)23-13(20)15-10(8-21-6-4-11(16)17)9-22-7-5-12(18)19/h10H,4-9H2,1-3H3,(H,15,20)(H,16,17)(H,18,19). The fourth-order valence-electron chi connectivity index (χ4n) is 1.38. The molecule has 0 aromatic rings. The van der Waals surface area contributed by atoms with Crippen molar-refractivity contribution in [1.82, 2.24) is 5.32 Å². The van der Waals surface area contributed by atoms with Crippen LogP contribution in [-0.4, -0.2) is 66.3 Å². The van der Waals surface area contributed by atoms with Crippen molar-refractivity contribution < 1.29 is 38.8 Å². The monoisotopic (exact) mass is 335 g/mol. The molecule has 0 saturated carbocycles. The number of alkyl carbamates (subject to hydrolysis) is 1. The van der Waals surface area contributed by atoms with Crippen molar-refractivity contribution in [2.75, 3.05) is 26.4 Å². The lowest BCUT2D eigenvalue weighted by molar-refractivity contribution is -0.139. The molecule has 0 rings (SSSR count). The molecule has 23 heavy (non-hydrogen) atoms. The molecule has 0 aliphatic heterocycles. The SMILES string of the molecule is CC(C)(C)OC(=O)NC(COCCC(=O)O)COCCC(=O)O. The van der Waals surface area contributed by atoms with Crippen molar-refractivity contribution in [1.29, 1.82) is 0 Å². The van der Waals surface area contributed by atoms with E-state index >= 15 is 0 Å². The summed E-state index contributed by atoms with van der Waals surface area (Å²) in [5.41, 5.74) is -0.664. The summed E-state index contributed by atoms with van der Waals surface area (Å²) >= 11 is 0. The predicted molar refractivity (Wildman–Crippen MR) is 79.3 cm³/mol. The van der Waals surface area contributed by atoms with E-state index in [2.05, 4.69) is 5.32 Å². The average Bonchev–Trinajstić information content (AvgIpc) is 2.36. The summed E-state index contributed by atoms with van der Waals surface area (Å²) in [6.07, 6.45) is -0.968. The Bertz CT molecular complexity index is 369. The van der Waals surface area contributed by atoms with Gasteiger partial charge in [0, 0.05) is 0 Å². The van der Waals surface area contributed by atoms with E-state index in [9.17, 15) is 14.4 Å². The molecule has 0 atom stereocenters. The first kappa shape index (κ1) is 21.1. The second-order valence-corrected chi connectivity index (χ2v) is 5.78. The molecule has 0 radical (unpaired) electrons. The number of amides is 1. The van der Waals surface area contributed by atoms with Gasteiger partial charge in [-0.15, -0.1) is 0 Å². The van der Waals surface area contributed by atoms with E-state index < -0.39 is 29.7 Å². The Kier molecular flexibility index (Phi) is 9.91. The van der Waals surface area contributed by atoms with Gasteiger partial charge < -0.3 is 29.7 Å². The Labute approximate surface area is 134 Å². The van der Waals surface area contributed by atoms with E-state index in [-0.39, 0.29) is 39.3 Å². The van der Waals surface area contributed by atoms with Crippen LogP contribution in [0.5, 0.6) is 0 Å². The Morgan fingerprint density at radius 2 is 1.39 bits per heavy atom. The second kappa shape index (κ2) is 10.8. The smallest absolute Gasteiger partial charge is 0.408 e. The van der Waals surface area contributed by atoms with Gasteiger partial charge in [0.2, 0.25) is 0 Å². The minimum Gasteiger partial charge on any atom is -0.481 e. The summed E-state index contributed by atoms with van der Waals surface area (Å²) in [7, 11) is 0. The van der Waals surface area contributed by atoms with Crippen molar-refractivity contribution in [2.45, 2.75) is 45.3 Å². The largest absolute Gasteiger partial charge is 0.481 e. The third-order valence-corrected chi connectivity index (χ3v) is 2.28. The molecule has 0 spiro atoms. The first-order valence-electron chi connectivity index (χ1n) is 7.18. The molecule has 0 aliphatic carbocycles. The van der Waals surface area contributed by atoms with Crippen molar-refractivity contribution in [3.05, 3.63) is 0 Å². The lowest BCUT2D eigenvalue weighted by Gasteiger charge is -2.23. The van der Waals surface area contributed by atoms with Crippen LogP contribution in [0.1, 0.15) is 33.6 Å². The molecule has 1 amide bonds. The van der Waals surface area contributed by atoms with Crippen LogP contribution in [0.25, 0.3) is 0 Å². The highest BCUT2D eigenvalue weighted by molar-refractivity contribution is 5.68. The number of ether oxygens (including phenoxy) is 3. The Balaban J connectivity index is 4.27. The molecule has 0 aliphatic rings. The number of hydrogen-bond donors (Lipinski definition) is 3. The fourth-order valence-corrected chi connectivity index (χ4v) is 1.38. The van der Waals surface area contributed by atoms with E-state index in [0.717, 1.165) is 0 Å². The molecule has 3 N–H and O–H groups in total. The Morgan fingerprint density at radius 1 is 0.957 bits per heavy atom. The van der Waals surface area contributed by atoms with Gasteiger partial charge >= 0.3 is 18.0 Å². The predicted octanol–water partition coefficient (Wildman–Crippen LogP) is 0.862. The Hall–Kier alpha value is -1.87. The molecule has 134 valence electrons. The van der Waals surface area contributed by atoms with Crippen molar-refractivity contribution in [2.24, 2.45) is 0 Å². The number of carbonyl (C=O) groups is 3. The van der Waals surface area contributed by atoms with Gasteiger partial charge in [-0.3, -0.25) is 9.59 Å². The second-order valence-electron chi connectivity index (χ2n) is 5.78.